The molecule has 2 aromatic rings. The van der Waals surface area contributed by atoms with Crippen molar-refractivity contribution in [3.8, 4) is 0 Å². The number of rotatable bonds is 4. The molecular weight excluding hydrogens is 348 g/mol. The van der Waals surface area contributed by atoms with Gasteiger partial charge >= 0.3 is 0 Å². The van der Waals surface area contributed by atoms with Crippen molar-refractivity contribution in [2.75, 3.05) is 25.0 Å². The van der Waals surface area contributed by atoms with Gasteiger partial charge in [0, 0.05) is 37.8 Å². The Morgan fingerprint density at radius 3 is 2.75 bits per heavy atom. The molecule has 1 aromatic carbocycles. The van der Waals surface area contributed by atoms with Gasteiger partial charge in [0.25, 0.3) is 0 Å². The number of hydrogen-bond donors (Lipinski definition) is 0. The second-order valence-electron chi connectivity index (χ2n) is 8.08. The highest BCUT2D eigenvalue weighted by atomic mass is 16.2. The summed E-state index contributed by atoms with van der Waals surface area (Å²) in [7, 11) is 2.11. The number of anilines is 1. The molecule has 1 saturated heterocycles. The van der Waals surface area contributed by atoms with Gasteiger partial charge in [-0.3, -0.25) is 4.79 Å². The van der Waals surface area contributed by atoms with Crippen LogP contribution in [0.2, 0.25) is 0 Å². The van der Waals surface area contributed by atoms with Crippen LogP contribution in [-0.4, -0.2) is 40.9 Å². The van der Waals surface area contributed by atoms with E-state index in [9.17, 15) is 4.79 Å². The van der Waals surface area contributed by atoms with Gasteiger partial charge in [0.15, 0.2) is 5.82 Å². The number of hydrogen-bond acceptors (Lipinski definition) is 4. The van der Waals surface area contributed by atoms with Crippen LogP contribution in [0.1, 0.15) is 60.8 Å². The summed E-state index contributed by atoms with van der Waals surface area (Å²) in [5.74, 6) is 2.12. The number of carbonyl (C=O) groups excluding carboxylic acids is 1. The van der Waals surface area contributed by atoms with Crippen LogP contribution in [0, 0.1) is 6.92 Å². The molecule has 0 bridgehead atoms. The van der Waals surface area contributed by atoms with Gasteiger partial charge in [-0.1, -0.05) is 30.3 Å². The second-order valence-corrected chi connectivity index (χ2v) is 8.08. The molecule has 0 N–H and O–H groups in total. The summed E-state index contributed by atoms with van der Waals surface area (Å²) in [6.45, 7) is 3.94. The number of carbonyl (C=O) groups is 1. The molecule has 3 heterocycles. The number of aromatic nitrogens is 2. The summed E-state index contributed by atoms with van der Waals surface area (Å²) in [4.78, 5) is 27.1. The minimum Gasteiger partial charge on any atom is -0.359 e. The lowest BCUT2D eigenvalue weighted by atomic mass is 9.98. The molecule has 2 aliphatic rings. The van der Waals surface area contributed by atoms with Crippen molar-refractivity contribution in [3.63, 3.8) is 0 Å². The SMILES string of the molecule is Cc1nc(C2CCCCN2C(=O)CCc2ccccc2)nc2c1CCCN2C. The molecule has 0 aliphatic carbocycles. The number of likely N-dealkylation sites (tertiary alicyclic amines) is 1. The Morgan fingerprint density at radius 1 is 1.11 bits per heavy atom. The Kier molecular flexibility index (Phi) is 5.60. The zero-order chi connectivity index (χ0) is 19.5. The van der Waals surface area contributed by atoms with Crippen molar-refractivity contribution in [1.29, 1.82) is 0 Å². The van der Waals surface area contributed by atoms with Crippen molar-refractivity contribution in [1.82, 2.24) is 14.9 Å². The third kappa shape index (κ3) is 3.89. The summed E-state index contributed by atoms with van der Waals surface area (Å²) in [6.07, 6.45) is 6.69. The lowest BCUT2D eigenvalue weighted by Gasteiger charge is -2.36. The van der Waals surface area contributed by atoms with E-state index in [0.29, 0.717) is 6.42 Å². The molecule has 2 aliphatic heterocycles. The molecule has 1 amide bonds. The number of aryl methyl sites for hydroxylation is 2. The molecule has 1 aromatic heterocycles. The van der Waals surface area contributed by atoms with E-state index < -0.39 is 0 Å². The number of amides is 1. The van der Waals surface area contributed by atoms with Crippen LogP contribution in [0.25, 0.3) is 0 Å². The Balaban J connectivity index is 1.54. The summed E-state index contributed by atoms with van der Waals surface area (Å²) >= 11 is 0. The van der Waals surface area contributed by atoms with Gasteiger partial charge in [0.05, 0.1) is 6.04 Å². The van der Waals surface area contributed by atoms with E-state index in [4.69, 9.17) is 9.97 Å². The van der Waals surface area contributed by atoms with Crippen molar-refractivity contribution < 1.29 is 4.79 Å². The highest BCUT2D eigenvalue weighted by Gasteiger charge is 2.31. The largest absolute Gasteiger partial charge is 0.359 e. The first-order chi connectivity index (χ1) is 13.6. The first-order valence-electron chi connectivity index (χ1n) is 10.6. The van der Waals surface area contributed by atoms with E-state index in [1.54, 1.807) is 0 Å². The van der Waals surface area contributed by atoms with Crippen LogP contribution in [0.15, 0.2) is 30.3 Å². The lowest BCUT2D eigenvalue weighted by molar-refractivity contribution is -0.135. The van der Waals surface area contributed by atoms with Gasteiger partial charge in [0.2, 0.25) is 5.91 Å². The fraction of sp³-hybridized carbons (Fsp3) is 0.522. The van der Waals surface area contributed by atoms with Crippen LogP contribution < -0.4 is 4.90 Å². The molecule has 0 saturated carbocycles. The Morgan fingerprint density at radius 2 is 1.93 bits per heavy atom. The van der Waals surface area contributed by atoms with Crippen molar-refractivity contribution >= 4 is 11.7 Å². The maximum Gasteiger partial charge on any atom is 0.223 e. The Hall–Kier alpha value is -2.43. The molecular formula is C23H30N4O. The summed E-state index contributed by atoms with van der Waals surface area (Å²) < 4.78 is 0. The molecule has 148 valence electrons. The van der Waals surface area contributed by atoms with Crippen LogP contribution in [0.5, 0.6) is 0 Å². The fourth-order valence-electron chi connectivity index (χ4n) is 4.50. The fourth-order valence-corrected chi connectivity index (χ4v) is 4.50. The van der Waals surface area contributed by atoms with Crippen LogP contribution in [-0.2, 0) is 17.6 Å². The smallest absolute Gasteiger partial charge is 0.223 e. The van der Waals surface area contributed by atoms with Crippen molar-refractivity contribution in [2.24, 2.45) is 0 Å². The van der Waals surface area contributed by atoms with E-state index in [1.165, 1.54) is 11.1 Å². The number of piperidine rings is 1. The number of nitrogens with zero attached hydrogens (tertiary/aromatic N) is 4. The van der Waals surface area contributed by atoms with E-state index >= 15 is 0 Å². The van der Waals surface area contributed by atoms with Gasteiger partial charge in [-0.15, -0.1) is 0 Å². The molecule has 1 atom stereocenters. The summed E-state index contributed by atoms with van der Waals surface area (Å²) in [6, 6.07) is 10.3. The van der Waals surface area contributed by atoms with E-state index in [0.717, 1.165) is 69.0 Å². The molecule has 4 rings (SSSR count). The average molecular weight is 379 g/mol. The first kappa shape index (κ1) is 18.9. The molecule has 1 unspecified atom stereocenters. The first-order valence-corrected chi connectivity index (χ1v) is 10.6. The maximum absolute atomic E-state index is 13.1. The van der Waals surface area contributed by atoms with E-state index in [-0.39, 0.29) is 11.9 Å². The third-order valence-corrected chi connectivity index (χ3v) is 6.08. The molecule has 5 nitrogen and oxygen atoms in total. The predicted molar refractivity (Wildman–Crippen MR) is 111 cm³/mol. The molecule has 5 heteroatoms. The molecule has 0 radical (unpaired) electrons. The third-order valence-electron chi connectivity index (χ3n) is 6.08. The minimum atomic E-state index is 0.0105. The maximum atomic E-state index is 13.1. The van der Waals surface area contributed by atoms with E-state index in [2.05, 4.69) is 31.0 Å². The average Bonchev–Trinajstić information content (AvgIpc) is 2.73. The van der Waals surface area contributed by atoms with Gasteiger partial charge in [-0.25, -0.2) is 9.97 Å². The lowest BCUT2D eigenvalue weighted by Crippen LogP contribution is -2.40. The van der Waals surface area contributed by atoms with Gasteiger partial charge in [-0.2, -0.15) is 0 Å². The Bertz CT molecular complexity index is 836. The monoisotopic (exact) mass is 378 g/mol. The van der Waals surface area contributed by atoms with Gasteiger partial charge < -0.3 is 9.80 Å². The van der Waals surface area contributed by atoms with Crippen LogP contribution in [0.4, 0.5) is 5.82 Å². The highest BCUT2D eigenvalue weighted by Crippen LogP contribution is 2.33. The number of benzene rings is 1. The normalized spacial score (nSPS) is 19.4. The van der Waals surface area contributed by atoms with Crippen LogP contribution >= 0.6 is 0 Å². The summed E-state index contributed by atoms with van der Waals surface area (Å²) in [5.41, 5.74) is 3.57. The topological polar surface area (TPSA) is 49.3 Å². The molecule has 0 spiro atoms. The molecule has 1 fully saturated rings. The van der Waals surface area contributed by atoms with Crippen LogP contribution in [0.3, 0.4) is 0 Å². The minimum absolute atomic E-state index is 0.0105. The molecule has 28 heavy (non-hydrogen) atoms. The van der Waals surface area contributed by atoms with Gasteiger partial charge in [0.1, 0.15) is 5.82 Å². The summed E-state index contributed by atoms with van der Waals surface area (Å²) in [5, 5.41) is 0. The zero-order valence-electron chi connectivity index (χ0n) is 17.0. The predicted octanol–water partition coefficient (Wildman–Crippen LogP) is 3.85. The quantitative estimate of drug-likeness (QED) is 0.811. The standard InChI is InChI=1S/C23H30N4O/c1-17-19-11-8-15-26(2)23(19)25-22(24-17)20-12-6-7-16-27(20)21(28)14-13-18-9-4-3-5-10-18/h3-5,9-10,20H,6-8,11-16H2,1-2H3. The zero-order valence-corrected chi connectivity index (χ0v) is 17.0. The van der Waals surface area contributed by atoms with Crippen molar-refractivity contribution in [3.05, 3.63) is 53.0 Å². The number of fused-ring (bicyclic) bond motifs is 1. The highest BCUT2D eigenvalue weighted by molar-refractivity contribution is 5.77. The second kappa shape index (κ2) is 8.29. The van der Waals surface area contributed by atoms with Gasteiger partial charge in [-0.05, 0) is 51.0 Å². The van der Waals surface area contributed by atoms with E-state index in [1.807, 2.05) is 23.1 Å². The van der Waals surface area contributed by atoms with Crippen molar-refractivity contribution in [2.45, 2.75) is 57.9 Å². The Labute approximate surface area is 167 Å².